The standard InChI is InChI=1S/C17H24BrN/c1-2-10-17(11-4-3-5-12-17)14-19-13-15-6-8-16(18)9-7-15/h2,6-9,19H,1,3-5,10-14H2. The summed E-state index contributed by atoms with van der Waals surface area (Å²) in [6.45, 7) is 6.03. The summed E-state index contributed by atoms with van der Waals surface area (Å²) in [7, 11) is 0. The molecule has 0 saturated heterocycles. The fourth-order valence-corrected chi connectivity index (χ4v) is 3.40. The number of hydrogen-bond acceptors (Lipinski definition) is 1. The average molecular weight is 322 g/mol. The van der Waals surface area contributed by atoms with Crippen molar-refractivity contribution in [3.05, 3.63) is 47.0 Å². The quantitative estimate of drug-likeness (QED) is 0.721. The Morgan fingerprint density at radius 1 is 1.16 bits per heavy atom. The molecule has 0 aromatic heterocycles. The topological polar surface area (TPSA) is 12.0 Å². The normalized spacial score (nSPS) is 18.2. The highest BCUT2D eigenvalue weighted by Crippen LogP contribution is 2.39. The van der Waals surface area contributed by atoms with Crippen LogP contribution in [0, 0.1) is 5.41 Å². The second-order valence-electron chi connectivity index (χ2n) is 5.78. The van der Waals surface area contributed by atoms with E-state index in [4.69, 9.17) is 0 Å². The molecule has 1 saturated carbocycles. The van der Waals surface area contributed by atoms with E-state index >= 15 is 0 Å². The summed E-state index contributed by atoms with van der Waals surface area (Å²) >= 11 is 3.47. The van der Waals surface area contributed by atoms with E-state index in [2.05, 4.69) is 58.2 Å². The molecule has 1 aromatic rings. The molecule has 0 heterocycles. The summed E-state index contributed by atoms with van der Waals surface area (Å²) in [5, 5.41) is 3.65. The number of benzene rings is 1. The van der Waals surface area contributed by atoms with Crippen LogP contribution in [0.4, 0.5) is 0 Å². The molecule has 1 fully saturated rings. The molecule has 0 atom stereocenters. The Bertz CT molecular complexity index is 390. The molecule has 2 heteroatoms. The van der Waals surface area contributed by atoms with E-state index in [1.54, 1.807) is 0 Å². The van der Waals surface area contributed by atoms with Crippen LogP contribution >= 0.6 is 15.9 Å². The molecule has 1 aliphatic rings. The van der Waals surface area contributed by atoms with Gasteiger partial charge in [0.05, 0.1) is 0 Å². The number of nitrogens with one attached hydrogen (secondary N) is 1. The number of allylic oxidation sites excluding steroid dienone is 1. The zero-order valence-corrected chi connectivity index (χ0v) is 13.2. The van der Waals surface area contributed by atoms with Gasteiger partial charge in [0.15, 0.2) is 0 Å². The highest BCUT2D eigenvalue weighted by atomic mass is 79.9. The Kier molecular flexibility index (Phi) is 5.65. The maximum Gasteiger partial charge on any atom is 0.0205 e. The highest BCUT2D eigenvalue weighted by Gasteiger charge is 2.30. The second-order valence-corrected chi connectivity index (χ2v) is 6.70. The Balaban J connectivity index is 1.85. The summed E-state index contributed by atoms with van der Waals surface area (Å²) in [6.07, 6.45) is 10.1. The molecule has 2 rings (SSSR count). The number of rotatable bonds is 6. The second kappa shape index (κ2) is 7.25. The SMILES string of the molecule is C=CCC1(CNCc2ccc(Br)cc2)CCCCC1. The molecule has 1 nitrogen and oxygen atoms in total. The monoisotopic (exact) mass is 321 g/mol. The van der Waals surface area contributed by atoms with Crippen molar-refractivity contribution in [1.82, 2.24) is 5.32 Å². The Morgan fingerprint density at radius 2 is 1.84 bits per heavy atom. The largest absolute Gasteiger partial charge is 0.312 e. The van der Waals surface area contributed by atoms with Crippen molar-refractivity contribution in [2.45, 2.75) is 45.1 Å². The third kappa shape index (κ3) is 4.47. The van der Waals surface area contributed by atoms with E-state index < -0.39 is 0 Å². The van der Waals surface area contributed by atoms with Crippen LogP contribution in [0.25, 0.3) is 0 Å². The molecule has 0 bridgehead atoms. The van der Waals surface area contributed by atoms with E-state index in [1.807, 2.05) is 0 Å². The fraction of sp³-hybridized carbons (Fsp3) is 0.529. The van der Waals surface area contributed by atoms with Crippen LogP contribution in [-0.4, -0.2) is 6.54 Å². The van der Waals surface area contributed by atoms with Crippen LogP contribution < -0.4 is 5.32 Å². The Labute approximate surface area is 125 Å². The van der Waals surface area contributed by atoms with E-state index in [0.29, 0.717) is 5.41 Å². The first-order valence-corrected chi connectivity index (χ1v) is 8.09. The van der Waals surface area contributed by atoms with E-state index in [9.17, 15) is 0 Å². The first-order chi connectivity index (χ1) is 9.24. The van der Waals surface area contributed by atoms with Gasteiger partial charge in [0.25, 0.3) is 0 Å². The molecule has 0 spiro atoms. The molecule has 0 amide bonds. The van der Waals surface area contributed by atoms with Gasteiger partial charge in [-0.05, 0) is 42.4 Å². The summed E-state index contributed by atoms with van der Waals surface area (Å²) in [5.41, 5.74) is 1.82. The third-order valence-electron chi connectivity index (χ3n) is 4.23. The van der Waals surface area contributed by atoms with Gasteiger partial charge in [0.1, 0.15) is 0 Å². The van der Waals surface area contributed by atoms with E-state index in [1.165, 1.54) is 37.7 Å². The predicted octanol–water partition coefficient (Wildman–Crippen LogP) is 5.07. The van der Waals surface area contributed by atoms with Gasteiger partial charge < -0.3 is 5.32 Å². The highest BCUT2D eigenvalue weighted by molar-refractivity contribution is 9.10. The van der Waals surface area contributed by atoms with Gasteiger partial charge in [-0.25, -0.2) is 0 Å². The lowest BCUT2D eigenvalue weighted by molar-refractivity contribution is 0.184. The minimum atomic E-state index is 0.468. The van der Waals surface area contributed by atoms with Crippen LogP contribution in [0.5, 0.6) is 0 Å². The molecule has 1 aliphatic carbocycles. The van der Waals surface area contributed by atoms with Crippen molar-refractivity contribution in [2.75, 3.05) is 6.54 Å². The van der Waals surface area contributed by atoms with Crippen molar-refractivity contribution in [2.24, 2.45) is 5.41 Å². The molecule has 0 radical (unpaired) electrons. The van der Waals surface area contributed by atoms with Gasteiger partial charge in [0.2, 0.25) is 0 Å². The van der Waals surface area contributed by atoms with Gasteiger partial charge in [-0.15, -0.1) is 6.58 Å². The zero-order valence-electron chi connectivity index (χ0n) is 11.6. The minimum Gasteiger partial charge on any atom is -0.312 e. The van der Waals surface area contributed by atoms with E-state index in [0.717, 1.165) is 24.0 Å². The van der Waals surface area contributed by atoms with E-state index in [-0.39, 0.29) is 0 Å². The number of hydrogen-bond donors (Lipinski definition) is 1. The van der Waals surface area contributed by atoms with Gasteiger partial charge in [-0.1, -0.05) is 53.4 Å². The van der Waals surface area contributed by atoms with Gasteiger partial charge in [-0.2, -0.15) is 0 Å². The first kappa shape index (κ1) is 14.8. The lowest BCUT2D eigenvalue weighted by Crippen LogP contribution is -2.35. The van der Waals surface area contributed by atoms with Gasteiger partial charge >= 0.3 is 0 Å². The van der Waals surface area contributed by atoms with Gasteiger partial charge in [-0.3, -0.25) is 0 Å². The average Bonchev–Trinajstić information content (AvgIpc) is 2.42. The third-order valence-corrected chi connectivity index (χ3v) is 4.76. The molecule has 0 unspecified atom stereocenters. The minimum absolute atomic E-state index is 0.468. The van der Waals surface area contributed by atoms with Crippen molar-refractivity contribution in [3.63, 3.8) is 0 Å². The first-order valence-electron chi connectivity index (χ1n) is 7.30. The zero-order chi connectivity index (χ0) is 13.6. The summed E-state index contributed by atoms with van der Waals surface area (Å²) in [4.78, 5) is 0. The lowest BCUT2D eigenvalue weighted by atomic mass is 9.72. The van der Waals surface area contributed by atoms with Crippen LogP contribution in [0.3, 0.4) is 0 Å². The molecule has 104 valence electrons. The fourth-order valence-electron chi connectivity index (χ4n) is 3.14. The van der Waals surface area contributed by atoms with Crippen molar-refractivity contribution in [1.29, 1.82) is 0 Å². The molecule has 0 aliphatic heterocycles. The van der Waals surface area contributed by atoms with Crippen LogP contribution in [0.1, 0.15) is 44.1 Å². The Morgan fingerprint density at radius 3 is 2.47 bits per heavy atom. The summed E-state index contributed by atoms with van der Waals surface area (Å²) < 4.78 is 1.15. The molecular weight excluding hydrogens is 298 g/mol. The van der Waals surface area contributed by atoms with Crippen molar-refractivity contribution >= 4 is 15.9 Å². The van der Waals surface area contributed by atoms with Gasteiger partial charge in [0, 0.05) is 17.6 Å². The smallest absolute Gasteiger partial charge is 0.0205 e. The molecule has 19 heavy (non-hydrogen) atoms. The van der Waals surface area contributed by atoms with Crippen LogP contribution in [-0.2, 0) is 6.54 Å². The predicted molar refractivity (Wildman–Crippen MR) is 86.2 cm³/mol. The Hall–Kier alpha value is -0.600. The maximum atomic E-state index is 3.94. The van der Waals surface area contributed by atoms with Crippen molar-refractivity contribution in [3.8, 4) is 0 Å². The summed E-state index contributed by atoms with van der Waals surface area (Å²) in [5.74, 6) is 0. The summed E-state index contributed by atoms with van der Waals surface area (Å²) in [6, 6.07) is 8.57. The van der Waals surface area contributed by atoms with Crippen molar-refractivity contribution < 1.29 is 0 Å². The number of halogens is 1. The molecule has 1 N–H and O–H groups in total. The lowest BCUT2D eigenvalue weighted by Gasteiger charge is -2.37. The van der Waals surface area contributed by atoms with Crippen LogP contribution in [0.15, 0.2) is 41.4 Å². The molecular formula is C17H24BrN. The maximum absolute atomic E-state index is 3.94. The van der Waals surface area contributed by atoms with Crippen LogP contribution in [0.2, 0.25) is 0 Å². The molecule has 1 aromatic carbocycles.